The van der Waals surface area contributed by atoms with Gasteiger partial charge in [-0.25, -0.2) is 0 Å². The third-order valence-corrected chi connectivity index (χ3v) is 1.80. The Kier molecular flexibility index (Phi) is 1.94. The number of rotatable bonds is 0. The van der Waals surface area contributed by atoms with Gasteiger partial charge >= 0.3 is 62.7 Å². The zero-order valence-electron chi connectivity index (χ0n) is 4.72. The number of aryl methyl sites for hydroxylation is 1. The minimum absolute atomic E-state index is 1.33. The zero-order chi connectivity index (χ0) is 5.98. The number of hydrogen-bond donors (Lipinski definition) is 0. The molecule has 0 saturated heterocycles. The second-order valence-corrected chi connectivity index (χ2v) is 3.16. The zero-order valence-corrected chi connectivity index (χ0v) is 7.05. The van der Waals surface area contributed by atoms with E-state index in [4.69, 9.17) is 0 Å². The number of hydrogen-bond acceptors (Lipinski definition) is 0. The Morgan fingerprint density at radius 3 is 2.00 bits per heavy atom. The van der Waals surface area contributed by atoms with Gasteiger partial charge in [0.2, 0.25) is 0 Å². The molecule has 0 heterocycles. The van der Waals surface area contributed by atoms with E-state index in [2.05, 4.69) is 31.2 Å². The fourth-order valence-corrected chi connectivity index (χ4v) is 0.927. The SMILES string of the molecule is Cc1ccc([Te])cc1. The molecule has 1 rings (SSSR count). The van der Waals surface area contributed by atoms with Crippen LogP contribution in [0.3, 0.4) is 0 Å². The minimum atomic E-state index is 1.33. The van der Waals surface area contributed by atoms with E-state index < -0.39 is 0 Å². The van der Waals surface area contributed by atoms with Crippen molar-refractivity contribution in [2.24, 2.45) is 0 Å². The van der Waals surface area contributed by atoms with Crippen LogP contribution < -0.4 is 3.61 Å². The Bertz CT molecular complexity index is 143. The molecule has 0 bridgehead atoms. The van der Waals surface area contributed by atoms with E-state index in [1.165, 1.54) is 9.17 Å². The van der Waals surface area contributed by atoms with Crippen molar-refractivity contribution in [2.75, 3.05) is 0 Å². The molecule has 8 heavy (non-hydrogen) atoms. The van der Waals surface area contributed by atoms with Crippen molar-refractivity contribution in [2.45, 2.75) is 6.92 Å². The van der Waals surface area contributed by atoms with Crippen molar-refractivity contribution in [3.8, 4) is 0 Å². The summed E-state index contributed by atoms with van der Waals surface area (Å²) in [5, 5.41) is 0. The Hall–Kier alpha value is 0.00961. The Balaban J connectivity index is 3.03. The summed E-state index contributed by atoms with van der Waals surface area (Å²) in [5.41, 5.74) is 1.33. The second-order valence-electron chi connectivity index (χ2n) is 1.81. The molecular formula is C7H7Te. The van der Waals surface area contributed by atoms with Crippen molar-refractivity contribution in [1.29, 1.82) is 0 Å². The maximum atomic E-state index is 2.12. The van der Waals surface area contributed by atoms with Crippen LogP contribution >= 0.6 is 0 Å². The third-order valence-electron chi connectivity index (χ3n) is 1.02. The monoisotopic (exact) mass is 221 g/mol. The van der Waals surface area contributed by atoms with E-state index in [9.17, 15) is 0 Å². The van der Waals surface area contributed by atoms with Crippen LogP contribution in [0.2, 0.25) is 0 Å². The first-order valence-corrected chi connectivity index (χ1v) is 3.69. The fraction of sp³-hybridized carbons (Fsp3) is 0.143. The van der Waals surface area contributed by atoms with Gasteiger partial charge in [0.15, 0.2) is 0 Å². The third kappa shape index (κ3) is 1.51. The van der Waals surface area contributed by atoms with E-state index in [1.54, 1.807) is 0 Å². The Morgan fingerprint density at radius 1 is 1.12 bits per heavy atom. The van der Waals surface area contributed by atoms with Crippen molar-refractivity contribution in [3.63, 3.8) is 0 Å². The van der Waals surface area contributed by atoms with E-state index in [1.807, 2.05) is 22.3 Å². The molecule has 0 saturated carbocycles. The van der Waals surface area contributed by atoms with Crippen LogP contribution in [0.15, 0.2) is 24.3 Å². The predicted molar refractivity (Wildman–Crippen MR) is 36.6 cm³/mol. The van der Waals surface area contributed by atoms with Gasteiger partial charge in [-0.3, -0.25) is 0 Å². The van der Waals surface area contributed by atoms with Crippen molar-refractivity contribution >= 4 is 25.9 Å². The summed E-state index contributed by atoms with van der Waals surface area (Å²) in [6.07, 6.45) is 0. The van der Waals surface area contributed by atoms with Crippen LogP contribution in [-0.2, 0) is 0 Å². The first kappa shape index (κ1) is 6.13. The summed E-state index contributed by atoms with van der Waals surface area (Å²) in [7, 11) is 0. The molecule has 0 nitrogen and oxygen atoms in total. The van der Waals surface area contributed by atoms with Gasteiger partial charge < -0.3 is 0 Å². The van der Waals surface area contributed by atoms with Crippen molar-refractivity contribution < 1.29 is 0 Å². The molecule has 1 heteroatoms. The average molecular weight is 219 g/mol. The Labute approximate surface area is 62.8 Å². The molecule has 0 amide bonds. The van der Waals surface area contributed by atoms with E-state index >= 15 is 0 Å². The van der Waals surface area contributed by atoms with Gasteiger partial charge in [-0.15, -0.1) is 0 Å². The van der Waals surface area contributed by atoms with Gasteiger partial charge in [-0.2, -0.15) is 0 Å². The molecule has 1 aromatic carbocycles. The van der Waals surface area contributed by atoms with Crippen LogP contribution in [0, 0.1) is 6.92 Å². The van der Waals surface area contributed by atoms with Crippen LogP contribution in [-0.4, -0.2) is 22.3 Å². The molecule has 1 radical (unpaired) electrons. The summed E-state index contributed by atoms with van der Waals surface area (Å²) >= 11 is 2.03. The molecule has 0 aliphatic heterocycles. The molecule has 41 valence electrons. The van der Waals surface area contributed by atoms with Crippen molar-refractivity contribution in [1.82, 2.24) is 0 Å². The van der Waals surface area contributed by atoms with Gasteiger partial charge in [-0.1, -0.05) is 0 Å². The summed E-state index contributed by atoms with van der Waals surface area (Å²) < 4.78 is 1.34. The first-order valence-electron chi connectivity index (χ1n) is 2.53. The van der Waals surface area contributed by atoms with Gasteiger partial charge in [-0.05, 0) is 0 Å². The maximum absolute atomic E-state index is 2.12. The molecule has 0 aliphatic rings. The average Bonchev–Trinajstić information content (AvgIpc) is 1.77. The summed E-state index contributed by atoms with van der Waals surface area (Å²) in [6.45, 7) is 2.10. The molecule has 0 atom stereocenters. The van der Waals surface area contributed by atoms with Gasteiger partial charge in [0.25, 0.3) is 0 Å². The van der Waals surface area contributed by atoms with Gasteiger partial charge in [0.05, 0.1) is 0 Å². The van der Waals surface area contributed by atoms with Crippen LogP contribution in [0.25, 0.3) is 0 Å². The molecule has 0 spiro atoms. The summed E-state index contributed by atoms with van der Waals surface area (Å²) in [4.78, 5) is 0. The quantitative estimate of drug-likeness (QED) is 0.565. The van der Waals surface area contributed by atoms with Gasteiger partial charge in [0.1, 0.15) is 0 Å². The molecule has 0 aromatic heterocycles. The Morgan fingerprint density at radius 2 is 1.62 bits per heavy atom. The molecule has 1 aromatic rings. The predicted octanol–water partition coefficient (Wildman–Crippen LogP) is 0.789. The molecule has 0 N–H and O–H groups in total. The van der Waals surface area contributed by atoms with E-state index in [-0.39, 0.29) is 0 Å². The van der Waals surface area contributed by atoms with E-state index in [0.717, 1.165) is 0 Å². The van der Waals surface area contributed by atoms with E-state index in [0.29, 0.717) is 0 Å². The normalized spacial score (nSPS) is 9.12. The topological polar surface area (TPSA) is 0 Å². The summed E-state index contributed by atoms with van der Waals surface area (Å²) in [5.74, 6) is 0. The van der Waals surface area contributed by atoms with Crippen molar-refractivity contribution in [3.05, 3.63) is 29.8 Å². The second kappa shape index (κ2) is 2.53. The van der Waals surface area contributed by atoms with Gasteiger partial charge in [0, 0.05) is 0 Å². The summed E-state index contributed by atoms with van der Waals surface area (Å²) in [6, 6.07) is 8.50. The standard InChI is InChI=1S/C7H7Te/c1-6-2-4-7(8)5-3-6/h2-5H,1H3. The first-order chi connectivity index (χ1) is 3.79. The molecule has 0 unspecified atom stereocenters. The molecule has 0 aliphatic carbocycles. The van der Waals surface area contributed by atoms with Crippen LogP contribution in [0.5, 0.6) is 0 Å². The van der Waals surface area contributed by atoms with Crippen LogP contribution in [0.4, 0.5) is 0 Å². The molecular weight excluding hydrogens is 212 g/mol. The van der Waals surface area contributed by atoms with Crippen LogP contribution in [0.1, 0.15) is 5.56 Å². The fourth-order valence-electron chi connectivity index (χ4n) is 0.538. The number of benzene rings is 1. The molecule has 0 fully saturated rings.